The van der Waals surface area contributed by atoms with Crippen LogP contribution in [-0.4, -0.2) is 23.4 Å². The van der Waals surface area contributed by atoms with Crippen LogP contribution >= 0.6 is 27.5 Å². The molecule has 0 atom stereocenters. The predicted octanol–water partition coefficient (Wildman–Crippen LogP) is 3.65. The molecule has 0 saturated heterocycles. The molecule has 1 aromatic carbocycles. The number of hydrogen-bond acceptors (Lipinski definition) is 1. The van der Waals surface area contributed by atoms with Crippen molar-refractivity contribution in [3.05, 3.63) is 34.3 Å². The van der Waals surface area contributed by atoms with E-state index in [-0.39, 0.29) is 0 Å². The van der Waals surface area contributed by atoms with E-state index >= 15 is 0 Å². The summed E-state index contributed by atoms with van der Waals surface area (Å²) in [6.45, 7) is 2.01. The molecule has 0 spiro atoms. The molecule has 0 radical (unpaired) electrons. The summed E-state index contributed by atoms with van der Waals surface area (Å²) in [5.41, 5.74) is 1.36. The normalized spacial score (nSPS) is 15.9. The van der Waals surface area contributed by atoms with E-state index in [9.17, 15) is 0 Å². The molecule has 0 heterocycles. The lowest BCUT2D eigenvalue weighted by Gasteiger charge is -2.21. The second-order valence-corrected chi connectivity index (χ2v) is 5.21. The van der Waals surface area contributed by atoms with E-state index in [1.54, 1.807) is 0 Å². The average Bonchev–Trinajstić information content (AvgIpc) is 3.04. The lowest BCUT2D eigenvalue weighted by molar-refractivity contribution is 0.270. The molecule has 1 saturated carbocycles. The first-order valence-electron chi connectivity index (χ1n) is 5.34. The average molecular weight is 289 g/mol. The van der Waals surface area contributed by atoms with Crippen molar-refractivity contribution in [2.45, 2.75) is 25.4 Å². The van der Waals surface area contributed by atoms with Crippen LogP contribution in [0.25, 0.3) is 0 Å². The topological polar surface area (TPSA) is 3.24 Å². The van der Waals surface area contributed by atoms with E-state index in [0.29, 0.717) is 0 Å². The third-order valence-corrected chi connectivity index (χ3v) is 3.71. The Labute approximate surface area is 105 Å². The van der Waals surface area contributed by atoms with Gasteiger partial charge in [0.15, 0.2) is 0 Å². The van der Waals surface area contributed by atoms with Crippen LogP contribution in [0.15, 0.2) is 28.7 Å². The first-order valence-corrected chi connectivity index (χ1v) is 6.67. The fraction of sp³-hybridized carbons (Fsp3) is 0.500. The summed E-state index contributed by atoms with van der Waals surface area (Å²) >= 11 is 9.41. The van der Waals surface area contributed by atoms with Crippen molar-refractivity contribution in [2.24, 2.45) is 0 Å². The minimum Gasteiger partial charge on any atom is -0.295 e. The van der Waals surface area contributed by atoms with Crippen molar-refractivity contribution < 1.29 is 0 Å². The minimum absolute atomic E-state index is 0.723. The van der Waals surface area contributed by atoms with Gasteiger partial charge in [-0.25, -0.2) is 0 Å². The van der Waals surface area contributed by atoms with Crippen LogP contribution in [0.5, 0.6) is 0 Å². The summed E-state index contributed by atoms with van der Waals surface area (Å²) in [6, 6.07) is 9.19. The molecule has 1 fully saturated rings. The zero-order valence-electron chi connectivity index (χ0n) is 8.63. The van der Waals surface area contributed by atoms with Crippen LogP contribution in [0.3, 0.4) is 0 Å². The highest BCUT2D eigenvalue weighted by Crippen LogP contribution is 2.29. The van der Waals surface area contributed by atoms with E-state index in [4.69, 9.17) is 11.6 Å². The van der Waals surface area contributed by atoms with Crippen molar-refractivity contribution in [2.75, 3.05) is 12.4 Å². The van der Waals surface area contributed by atoms with E-state index in [1.165, 1.54) is 22.9 Å². The second kappa shape index (κ2) is 5.33. The summed E-state index contributed by atoms with van der Waals surface area (Å²) in [5, 5.41) is 0. The maximum Gasteiger partial charge on any atom is 0.0351 e. The lowest BCUT2D eigenvalue weighted by atomic mass is 10.2. The molecular weight excluding hydrogens is 273 g/mol. The van der Waals surface area contributed by atoms with Gasteiger partial charge in [0.25, 0.3) is 0 Å². The fourth-order valence-corrected chi connectivity index (χ4v) is 2.41. The molecule has 1 nitrogen and oxygen atoms in total. The fourth-order valence-electron chi connectivity index (χ4n) is 1.78. The SMILES string of the molecule is ClCCN(Cc1ccccc1Br)C1CC1. The first-order chi connectivity index (χ1) is 7.31. The molecular formula is C12H15BrClN. The van der Waals surface area contributed by atoms with Crippen LogP contribution in [0, 0.1) is 0 Å². The molecule has 2 rings (SSSR count). The molecule has 1 aromatic rings. The van der Waals surface area contributed by atoms with Gasteiger partial charge in [-0.05, 0) is 24.5 Å². The monoisotopic (exact) mass is 287 g/mol. The zero-order chi connectivity index (χ0) is 10.7. The van der Waals surface area contributed by atoms with Crippen LogP contribution in [-0.2, 0) is 6.54 Å². The van der Waals surface area contributed by atoms with Gasteiger partial charge in [-0.2, -0.15) is 0 Å². The molecule has 0 N–H and O–H groups in total. The Morgan fingerprint density at radius 2 is 2.07 bits per heavy atom. The molecule has 0 aliphatic heterocycles. The number of rotatable bonds is 5. The largest absolute Gasteiger partial charge is 0.295 e. The Bertz CT molecular complexity index is 325. The van der Waals surface area contributed by atoms with Crippen molar-refractivity contribution in [3.8, 4) is 0 Å². The van der Waals surface area contributed by atoms with E-state index in [0.717, 1.165) is 25.0 Å². The Kier molecular flexibility index (Phi) is 4.06. The van der Waals surface area contributed by atoms with Gasteiger partial charge in [-0.1, -0.05) is 34.1 Å². The summed E-state index contributed by atoms with van der Waals surface area (Å²) < 4.78 is 1.20. The molecule has 3 heteroatoms. The Balaban J connectivity index is 2.02. The molecule has 0 aromatic heterocycles. The van der Waals surface area contributed by atoms with Gasteiger partial charge in [0, 0.05) is 29.5 Å². The Morgan fingerprint density at radius 3 is 2.67 bits per heavy atom. The summed E-state index contributed by atoms with van der Waals surface area (Å²) in [6.07, 6.45) is 2.67. The van der Waals surface area contributed by atoms with Crippen molar-refractivity contribution >= 4 is 27.5 Å². The van der Waals surface area contributed by atoms with Gasteiger partial charge < -0.3 is 0 Å². The second-order valence-electron chi connectivity index (χ2n) is 3.98. The molecule has 82 valence electrons. The standard InChI is InChI=1S/C12H15BrClN/c13-12-4-2-1-3-10(12)9-15(8-7-14)11-5-6-11/h1-4,11H,5-9H2. The van der Waals surface area contributed by atoms with E-state index in [2.05, 4.69) is 45.1 Å². The maximum absolute atomic E-state index is 5.82. The van der Waals surface area contributed by atoms with E-state index in [1.807, 2.05) is 0 Å². The zero-order valence-corrected chi connectivity index (χ0v) is 11.0. The molecule has 1 aliphatic carbocycles. The number of hydrogen-bond donors (Lipinski definition) is 0. The maximum atomic E-state index is 5.82. The number of halogens is 2. The quantitative estimate of drug-likeness (QED) is 0.748. The molecule has 0 bridgehead atoms. The van der Waals surface area contributed by atoms with Gasteiger partial charge in [-0.3, -0.25) is 4.90 Å². The smallest absolute Gasteiger partial charge is 0.0351 e. The van der Waals surface area contributed by atoms with Crippen LogP contribution in [0.1, 0.15) is 18.4 Å². The van der Waals surface area contributed by atoms with Crippen LogP contribution in [0.2, 0.25) is 0 Å². The Morgan fingerprint density at radius 1 is 1.33 bits per heavy atom. The third kappa shape index (κ3) is 3.20. The number of benzene rings is 1. The molecule has 1 aliphatic rings. The van der Waals surface area contributed by atoms with Crippen molar-refractivity contribution in [1.82, 2.24) is 4.90 Å². The lowest BCUT2D eigenvalue weighted by Crippen LogP contribution is -2.27. The van der Waals surface area contributed by atoms with Gasteiger partial charge >= 0.3 is 0 Å². The highest BCUT2D eigenvalue weighted by Gasteiger charge is 2.28. The van der Waals surface area contributed by atoms with Crippen LogP contribution < -0.4 is 0 Å². The summed E-state index contributed by atoms with van der Waals surface area (Å²) in [5.74, 6) is 0.723. The van der Waals surface area contributed by atoms with Gasteiger partial charge in [-0.15, -0.1) is 11.6 Å². The van der Waals surface area contributed by atoms with Gasteiger partial charge in [0.2, 0.25) is 0 Å². The van der Waals surface area contributed by atoms with E-state index < -0.39 is 0 Å². The molecule has 15 heavy (non-hydrogen) atoms. The highest BCUT2D eigenvalue weighted by molar-refractivity contribution is 9.10. The number of nitrogens with zero attached hydrogens (tertiary/aromatic N) is 1. The van der Waals surface area contributed by atoms with Gasteiger partial charge in [0.05, 0.1) is 0 Å². The Hall–Kier alpha value is -0.0500. The summed E-state index contributed by atoms with van der Waals surface area (Å²) in [7, 11) is 0. The number of alkyl halides is 1. The van der Waals surface area contributed by atoms with Crippen molar-refractivity contribution in [3.63, 3.8) is 0 Å². The van der Waals surface area contributed by atoms with Gasteiger partial charge in [0.1, 0.15) is 0 Å². The summed E-state index contributed by atoms with van der Waals surface area (Å²) in [4.78, 5) is 2.48. The van der Waals surface area contributed by atoms with Crippen molar-refractivity contribution in [1.29, 1.82) is 0 Å². The molecule has 0 amide bonds. The molecule has 0 unspecified atom stereocenters. The first kappa shape index (κ1) is 11.4. The third-order valence-electron chi connectivity index (χ3n) is 2.77. The minimum atomic E-state index is 0.723. The van der Waals surface area contributed by atoms with Crippen LogP contribution in [0.4, 0.5) is 0 Å². The predicted molar refractivity (Wildman–Crippen MR) is 68.3 cm³/mol. The highest BCUT2D eigenvalue weighted by atomic mass is 79.9.